The van der Waals surface area contributed by atoms with Crippen molar-refractivity contribution < 1.29 is 9.13 Å². The molecular formula is C19H21Cl3FNO. The molecule has 1 aromatic heterocycles. The van der Waals surface area contributed by atoms with Gasteiger partial charge in [-0.15, -0.1) is 0 Å². The zero-order valence-electron chi connectivity index (χ0n) is 14.3. The molecule has 3 rings (SSSR count). The van der Waals surface area contributed by atoms with Crippen LogP contribution in [0, 0.1) is 5.82 Å². The van der Waals surface area contributed by atoms with E-state index in [1.54, 1.807) is 0 Å². The molecule has 1 aromatic carbocycles. The fraction of sp³-hybridized carbons (Fsp3) is 0.474. The van der Waals surface area contributed by atoms with Crippen LogP contribution in [-0.2, 0) is 24.3 Å². The molecule has 0 saturated carbocycles. The van der Waals surface area contributed by atoms with E-state index in [2.05, 4.69) is 18.4 Å². The molecule has 0 amide bonds. The molecular weight excluding hydrogens is 384 g/mol. The normalized spacial score (nSPS) is 14.8. The number of aromatic nitrogens is 1. The van der Waals surface area contributed by atoms with Gasteiger partial charge in [0, 0.05) is 29.1 Å². The zero-order valence-corrected chi connectivity index (χ0v) is 16.6. The number of alkyl halides is 3. The summed E-state index contributed by atoms with van der Waals surface area (Å²) in [6.07, 6.45) is 3.27. The second-order valence-corrected chi connectivity index (χ2v) is 8.87. The first-order valence-corrected chi connectivity index (χ1v) is 9.62. The minimum Gasteiger partial charge on any atom is -0.347 e. The van der Waals surface area contributed by atoms with E-state index < -0.39 is 3.98 Å². The highest BCUT2D eigenvalue weighted by Gasteiger charge is 2.29. The van der Waals surface area contributed by atoms with Gasteiger partial charge in [-0.05, 0) is 42.9 Å². The lowest BCUT2D eigenvalue weighted by atomic mass is 9.96. The average molecular weight is 405 g/mol. The van der Waals surface area contributed by atoms with Crippen molar-refractivity contribution in [2.24, 2.45) is 0 Å². The molecule has 0 fully saturated rings. The van der Waals surface area contributed by atoms with Gasteiger partial charge in [0.25, 0.3) is 3.98 Å². The van der Waals surface area contributed by atoms with Gasteiger partial charge in [0.05, 0.1) is 6.61 Å². The van der Waals surface area contributed by atoms with E-state index in [1.165, 1.54) is 23.5 Å². The Balaban J connectivity index is 2.17. The first-order valence-electron chi connectivity index (χ1n) is 8.48. The molecule has 2 nitrogen and oxygen atoms in total. The van der Waals surface area contributed by atoms with Crippen molar-refractivity contribution in [1.82, 2.24) is 4.57 Å². The summed E-state index contributed by atoms with van der Waals surface area (Å²) in [6, 6.07) is 6.58. The van der Waals surface area contributed by atoms with Crippen LogP contribution in [0.1, 0.15) is 49.6 Å². The van der Waals surface area contributed by atoms with Crippen molar-refractivity contribution in [2.75, 3.05) is 0 Å². The third-order valence-corrected chi connectivity index (χ3v) is 4.95. The predicted molar refractivity (Wildman–Crippen MR) is 102 cm³/mol. The van der Waals surface area contributed by atoms with E-state index in [-0.39, 0.29) is 12.4 Å². The smallest absolute Gasteiger partial charge is 0.297 e. The van der Waals surface area contributed by atoms with E-state index in [0.717, 1.165) is 42.5 Å². The molecule has 0 N–H and O–H groups in total. The molecule has 0 unspecified atom stereocenters. The maximum Gasteiger partial charge on any atom is 0.297 e. The van der Waals surface area contributed by atoms with Gasteiger partial charge in [0.15, 0.2) is 0 Å². The van der Waals surface area contributed by atoms with Crippen molar-refractivity contribution in [3.63, 3.8) is 0 Å². The Morgan fingerprint density at radius 1 is 1.16 bits per heavy atom. The van der Waals surface area contributed by atoms with Gasteiger partial charge in [-0.3, -0.25) is 0 Å². The second kappa shape index (κ2) is 7.48. The van der Waals surface area contributed by atoms with Crippen molar-refractivity contribution in [3.05, 3.63) is 47.0 Å². The fourth-order valence-corrected chi connectivity index (χ4v) is 3.90. The number of hydrogen-bond acceptors (Lipinski definition) is 1. The highest BCUT2D eigenvalue weighted by atomic mass is 35.6. The van der Waals surface area contributed by atoms with Crippen LogP contribution in [0.4, 0.5) is 4.39 Å². The van der Waals surface area contributed by atoms with E-state index >= 15 is 0 Å². The summed E-state index contributed by atoms with van der Waals surface area (Å²) < 4.78 is 19.5. The summed E-state index contributed by atoms with van der Waals surface area (Å²) in [5, 5.41) is 0. The van der Waals surface area contributed by atoms with Gasteiger partial charge in [-0.1, -0.05) is 60.8 Å². The third-order valence-electron chi connectivity index (χ3n) is 4.62. The standard InChI is InChI=1S/C19H21Cl3FNO/c1-12(2)18-15(11-25-19(20,21)22)17(13-6-8-14(23)9-7-13)16-5-3-4-10-24(16)18/h6-9,12H,3-5,10-11H2,1-2H3. The summed E-state index contributed by atoms with van der Waals surface area (Å²) >= 11 is 17.4. The lowest BCUT2D eigenvalue weighted by molar-refractivity contribution is 0.115. The minimum absolute atomic E-state index is 0.205. The number of fused-ring (bicyclic) bond motifs is 1. The van der Waals surface area contributed by atoms with Crippen LogP contribution in [0.5, 0.6) is 0 Å². The molecule has 0 radical (unpaired) electrons. The van der Waals surface area contributed by atoms with Crippen molar-refractivity contribution in [2.45, 2.75) is 56.2 Å². The first kappa shape index (κ1) is 19.0. The van der Waals surface area contributed by atoms with E-state index in [4.69, 9.17) is 39.5 Å². The highest BCUT2D eigenvalue weighted by Crippen LogP contribution is 2.41. The first-order chi connectivity index (χ1) is 11.8. The van der Waals surface area contributed by atoms with Gasteiger partial charge in [-0.2, -0.15) is 0 Å². The Morgan fingerprint density at radius 2 is 1.84 bits per heavy atom. The van der Waals surface area contributed by atoms with Crippen LogP contribution < -0.4 is 0 Å². The number of rotatable bonds is 4. The van der Waals surface area contributed by atoms with Gasteiger partial charge >= 0.3 is 0 Å². The Morgan fingerprint density at radius 3 is 2.44 bits per heavy atom. The maximum atomic E-state index is 13.4. The summed E-state index contributed by atoms with van der Waals surface area (Å²) in [5.74, 6) is 0.0556. The highest BCUT2D eigenvalue weighted by molar-refractivity contribution is 6.66. The van der Waals surface area contributed by atoms with Gasteiger partial charge < -0.3 is 9.30 Å². The van der Waals surface area contributed by atoms with Gasteiger partial charge in [0.1, 0.15) is 5.82 Å². The number of hydrogen-bond donors (Lipinski definition) is 0. The van der Waals surface area contributed by atoms with Crippen molar-refractivity contribution in [3.8, 4) is 11.1 Å². The van der Waals surface area contributed by atoms with Crippen LogP contribution >= 0.6 is 34.8 Å². The molecule has 0 spiro atoms. The Labute approximate surface area is 162 Å². The molecule has 1 aliphatic rings. The molecule has 2 heterocycles. The molecule has 2 aromatic rings. The van der Waals surface area contributed by atoms with E-state index in [0.29, 0.717) is 5.92 Å². The molecule has 0 bridgehead atoms. The minimum atomic E-state index is -1.77. The molecule has 0 saturated heterocycles. The Kier molecular flexibility index (Phi) is 5.69. The Hall–Kier alpha value is -0.740. The molecule has 25 heavy (non-hydrogen) atoms. The quantitative estimate of drug-likeness (QED) is 0.524. The second-order valence-electron chi connectivity index (χ2n) is 6.69. The third kappa shape index (κ3) is 4.16. The summed E-state index contributed by atoms with van der Waals surface area (Å²) in [6.45, 7) is 5.50. The number of nitrogens with zero attached hydrogens (tertiary/aromatic N) is 1. The lowest BCUT2D eigenvalue weighted by Gasteiger charge is -2.21. The van der Waals surface area contributed by atoms with E-state index in [1.807, 2.05) is 12.1 Å². The SMILES string of the molecule is CC(C)c1c(COC(Cl)(Cl)Cl)c(-c2ccc(F)cc2)c2n1CCCC2. The molecule has 0 aliphatic carbocycles. The maximum absolute atomic E-state index is 13.4. The monoisotopic (exact) mass is 403 g/mol. The number of ether oxygens (including phenoxy) is 1. The summed E-state index contributed by atoms with van der Waals surface area (Å²) in [5.41, 5.74) is 5.58. The Bertz CT molecular complexity index is 748. The van der Waals surface area contributed by atoms with Gasteiger partial charge in [0.2, 0.25) is 0 Å². The van der Waals surface area contributed by atoms with Crippen molar-refractivity contribution in [1.29, 1.82) is 0 Å². The van der Waals surface area contributed by atoms with Crippen LogP contribution in [0.2, 0.25) is 0 Å². The number of halogens is 4. The van der Waals surface area contributed by atoms with Gasteiger partial charge in [-0.25, -0.2) is 4.39 Å². The summed E-state index contributed by atoms with van der Waals surface area (Å²) in [4.78, 5) is 0. The molecule has 136 valence electrons. The zero-order chi connectivity index (χ0) is 18.2. The fourth-order valence-electron chi connectivity index (χ4n) is 3.74. The van der Waals surface area contributed by atoms with Crippen LogP contribution in [0.15, 0.2) is 24.3 Å². The molecule has 1 aliphatic heterocycles. The van der Waals surface area contributed by atoms with Crippen LogP contribution in [-0.4, -0.2) is 8.55 Å². The summed E-state index contributed by atoms with van der Waals surface area (Å²) in [7, 11) is 0. The largest absolute Gasteiger partial charge is 0.347 e. The topological polar surface area (TPSA) is 14.2 Å². The predicted octanol–water partition coefficient (Wildman–Crippen LogP) is 6.60. The van der Waals surface area contributed by atoms with Crippen LogP contribution in [0.3, 0.4) is 0 Å². The van der Waals surface area contributed by atoms with E-state index in [9.17, 15) is 4.39 Å². The average Bonchev–Trinajstić information content (AvgIpc) is 2.87. The lowest BCUT2D eigenvalue weighted by Crippen LogP contribution is -2.14. The molecule has 0 atom stereocenters. The number of benzene rings is 1. The molecule has 6 heteroatoms. The van der Waals surface area contributed by atoms with Crippen molar-refractivity contribution >= 4 is 34.8 Å². The van der Waals surface area contributed by atoms with Crippen LogP contribution in [0.25, 0.3) is 11.1 Å².